The van der Waals surface area contributed by atoms with Crippen LogP contribution in [-0.4, -0.2) is 50.1 Å². The quantitative estimate of drug-likeness (QED) is 0.723. The van der Waals surface area contributed by atoms with Crippen LogP contribution in [0, 0.1) is 24.5 Å². The van der Waals surface area contributed by atoms with Gasteiger partial charge in [0.1, 0.15) is 11.6 Å². The van der Waals surface area contributed by atoms with Crippen LogP contribution in [0.4, 0.5) is 14.5 Å². The Kier molecular flexibility index (Phi) is 7.78. The average Bonchev–Trinajstić information content (AvgIpc) is 2.75. The fourth-order valence-electron chi connectivity index (χ4n) is 4.62. The molecule has 0 spiro atoms. The number of anilines is 1. The maximum absolute atomic E-state index is 14.4. The molecule has 2 aromatic rings. The molecular weight excluding hydrogens is 443 g/mol. The molecule has 2 atom stereocenters. The maximum Gasteiger partial charge on any atom is 0.227 e. The zero-order valence-electron chi connectivity index (χ0n) is 17.4. The number of hydrogen-bond acceptors (Lipinski definition) is 3. The number of piperidine rings is 1. The molecule has 0 aliphatic carbocycles. The van der Waals surface area contributed by atoms with Gasteiger partial charge in [-0.3, -0.25) is 4.79 Å². The summed E-state index contributed by atoms with van der Waals surface area (Å²) < 4.78 is 27.8. The third-order valence-corrected chi connectivity index (χ3v) is 6.50. The number of hydrogen-bond donors (Lipinski definition) is 1. The molecule has 31 heavy (non-hydrogen) atoms. The lowest BCUT2D eigenvalue weighted by atomic mass is 9.80. The van der Waals surface area contributed by atoms with Gasteiger partial charge in [0.2, 0.25) is 5.91 Å². The summed E-state index contributed by atoms with van der Waals surface area (Å²) in [5.41, 5.74) is 2.69. The summed E-state index contributed by atoms with van der Waals surface area (Å²) in [5.74, 6) is -1.72. The molecule has 4 rings (SSSR count). The molecule has 4 nitrogen and oxygen atoms in total. The zero-order valence-corrected chi connectivity index (χ0v) is 19.0. The van der Waals surface area contributed by atoms with Gasteiger partial charge in [-0.05, 0) is 49.2 Å². The predicted molar refractivity (Wildman–Crippen MR) is 122 cm³/mol. The van der Waals surface area contributed by atoms with E-state index in [-0.39, 0.29) is 30.2 Å². The lowest BCUT2D eigenvalue weighted by Gasteiger charge is -2.40. The number of benzene rings is 2. The van der Waals surface area contributed by atoms with E-state index in [0.717, 1.165) is 30.4 Å². The first-order valence-electron chi connectivity index (χ1n) is 10.4. The summed E-state index contributed by atoms with van der Waals surface area (Å²) in [6.07, 6.45) is 0.653. The van der Waals surface area contributed by atoms with E-state index in [1.165, 1.54) is 12.1 Å². The number of piperazine rings is 1. The number of carbonyl (C=O) groups excluding carboxylic acids is 1. The van der Waals surface area contributed by atoms with Crippen molar-refractivity contribution in [2.45, 2.75) is 19.3 Å². The van der Waals surface area contributed by atoms with Gasteiger partial charge in [0.15, 0.2) is 0 Å². The SMILES string of the molecule is Cc1ccc(Cl)cc1N1CCN(C(=O)[C@H]2CNCC[C@@H]2c2ccc(F)cc2F)CC1.Cl. The van der Waals surface area contributed by atoms with E-state index in [0.29, 0.717) is 43.2 Å². The molecule has 0 aromatic heterocycles. The Labute approximate surface area is 193 Å². The highest BCUT2D eigenvalue weighted by molar-refractivity contribution is 6.30. The van der Waals surface area contributed by atoms with Crippen molar-refractivity contribution >= 4 is 35.6 Å². The molecule has 0 radical (unpaired) electrons. The monoisotopic (exact) mass is 469 g/mol. The van der Waals surface area contributed by atoms with Crippen molar-refractivity contribution in [2.75, 3.05) is 44.2 Å². The number of aryl methyl sites for hydroxylation is 1. The molecule has 2 aliphatic rings. The van der Waals surface area contributed by atoms with Gasteiger partial charge in [-0.2, -0.15) is 0 Å². The van der Waals surface area contributed by atoms with E-state index in [9.17, 15) is 13.6 Å². The third-order valence-electron chi connectivity index (χ3n) is 6.26. The molecule has 2 saturated heterocycles. The second-order valence-corrected chi connectivity index (χ2v) is 8.55. The second-order valence-electron chi connectivity index (χ2n) is 8.11. The van der Waals surface area contributed by atoms with Crippen LogP contribution in [0.5, 0.6) is 0 Å². The van der Waals surface area contributed by atoms with E-state index in [1.54, 1.807) is 0 Å². The maximum atomic E-state index is 14.4. The third kappa shape index (κ3) is 5.13. The van der Waals surface area contributed by atoms with E-state index in [1.807, 2.05) is 23.1 Å². The van der Waals surface area contributed by atoms with Gasteiger partial charge < -0.3 is 15.1 Å². The summed E-state index contributed by atoms with van der Waals surface area (Å²) in [5, 5.41) is 3.97. The van der Waals surface area contributed by atoms with Crippen LogP contribution >= 0.6 is 24.0 Å². The number of carbonyl (C=O) groups is 1. The van der Waals surface area contributed by atoms with Crippen LogP contribution in [0.25, 0.3) is 0 Å². The van der Waals surface area contributed by atoms with Crippen molar-refractivity contribution < 1.29 is 13.6 Å². The van der Waals surface area contributed by atoms with Crippen molar-refractivity contribution in [1.82, 2.24) is 10.2 Å². The first-order valence-corrected chi connectivity index (χ1v) is 10.8. The Morgan fingerprint density at radius 3 is 2.55 bits per heavy atom. The molecule has 0 saturated carbocycles. The van der Waals surface area contributed by atoms with Crippen LogP contribution < -0.4 is 10.2 Å². The molecule has 2 heterocycles. The lowest BCUT2D eigenvalue weighted by molar-refractivity contribution is -0.137. The molecule has 0 bridgehead atoms. The lowest BCUT2D eigenvalue weighted by Crippen LogP contribution is -2.53. The van der Waals surface area contributed by atoms with Crippen LogP contribution in [-0.2, 0) is 4.79 Å². The minimum Gasteiger partial charge on any atom is -0.368 e. The Morgan fingerprint density at radius 2 is 1.84 bits per heavy atom. The summed E-state index contributed by atoms with van der Waals surface area (Å²) in [7, 11) is 0. The van der Waals surface area contributed by atoms with Crippen LogP contribution in [0.1, 0.15) is 23.5 Å². The summed E-state index contributed by atoms with van der Waals surface area (Å²) in [4.78, 5) is 17.5. The first-order chi connectivity index (χ1) is 14.4. The van der Waals surface area contributed by atoms with Crippen molar-refractivity contribution in [3.63, 3.8) is 0 Å². The standard InChI is InChI=1S/C23H26ClF2N3O.ClH/c1-15-2-3-16(24)12-22(15)28-8-10-29(11-9-28)23(30)20-14-27-7-6-18(20)19-5-4-17(25)13-21(19)26;/h2-5,12-13,18,20,27H,6-11,14H2,1H3;1H/t18-,20+;/m1./s1. The molecule has 8 heteroatoms. The second kappa shape index (κ2) is 10.2. The van der Waals surface area contributed by atoms with Gasteiger partial charge in [0.25, 0.3) is 0 Å². The van der Waals surface area contributed by atoms with E-state index in [4.69, 9.17) is 11.6 Å². The summed E-state index contributed by atoms with van der Waals surface area (Å²) in [6, 6.07) is 9.52. The molecule has 2 fully saturated rings. The summed E-state index contributed by atoms with van der Waals surface area (Å²) >= 11 is 6.16. The average molecular weight is 470 g/mol. The first kappa shape index (κ1) is 23.8. The van der Waals surface area contributed by atoms with Crippen LogP contribution in [0.3, 0.4) is 0 Å². The highest BCUT2D eigenvalue weighted by Gasteiger charge is 2.37. The molecule has 1 amide bonds. The van der Waals surface area contributed by atoms with Gasteiger partial charge in [0.05, 0.1) is 5.92 Å². The Hall–Kier alpha value is -1.89. The zero-order chi connectivity index (χ0) is 21.3. The predicted octanol–water partition coefficient (Wildman–Crippen LogP) is 4.39. The summed E-state index contributed by atoms with van der Waals surface area (Å²) in [6.45, 7) is 5.95. The number of nitrogens with one attached hydrogen (secondary N) is 1. The van der Waals surface area contributed by atoms with E-state index < -0.39 is 11.6 Å². The van der Waals surface area contributed by atoms with Crippen LogP contribution in [0.15, 0.2) is 36.4 Å². The van der Waals surface area contributed by atoms with Gasteiger partial charge in [0, 0.05) is 55.4 Å². The largest absolute Gasteiger partial charge is 0.368 e. The normalized spacial score (nSPS) is 21.5. The van der Waals surface area contributed by atoms with E-state index >= 15 is 0 Å². The molecule has 0 unspecified atom stereocenters. The van der Waals surface area contributed by atoms with Gasteiger partial charge >= 0.3 is 0 Å². The molecule has 168 valence electrons. The molecule has 2 aliphatic heterocycles. The van der Waals surface area contributed by atoms with Gasteiger partial charge in [-0.1, -0.05) is 23.7 Å². The fourth-order valence-corrected chi connectivity index (χ4v) is 4.78. The Balaban J connectivity index is 0.00000272. The van der Waals surface area contributed by atoms with Crippen molar-refractivity contribution in [1.29, 1.82) is 0 Å². The Morgan fingerprint density at radius 1 is 1.10 bits per heavy atom. The molecule has 1 N–H and O–H groups in total. The molecule has 2 aromatic carbocycles. The van der Waals surface area contributed by atoms with E-state index in [2.05, 4.69) is 17.1 Å². The minimum absolute atomic E-state index is 0. The van der Waals surface area contributed by atoms with Crippen molar-refractivity contribution in [3.8, 4) is 0 Å². The Bertz CT molecular complexity index is 935. The van der Waals surface area contributed by atoms with Crippen molar-refractivity contribution in [2.24, 2.45) is 5.92 Å². The smallest absolute Gasteiger partial charge is 0.227 e. The number of rotatable bonds is 3. The molecular formula is C23H27Cl2F2N3O. The highest BCUT2D eigenvalue weighted by atomic mass is 35.5. The van der Waals surface area contributed by atoms with Crippen LogP contribution in [0.2, 0.25) is 5.02 Å². The number of amides is 1. The highest BCUT2D eigenvalue weighted by Crippen LogP contribution is 2.34. The fraction of sp³-hybridized carbons (Fsp3) is 0.435. The number of halogens is 4. The topological polar surface area (TPSA) is 35.6 Å². The van der Waals surface area contributed by atoms with Gasteiger partial charge in [-0.25, -0.2) is 8.78 Å². The number of nitrogens with zero attached hydrogens (tertiary/aromatic N) is 2. The van der Waals surface area contributed by atoms with Gasteiger partial charge in [-0.15, -0.1) is 12.4 Å². The minimum atomic E-state index is -0.597. The van der Waals surface area contributed by atoms with Crippen molar-refractivity contribution in [3.05, 3.63) is 64.2 Å².